The van der Waals surface area contributed by atoms with E-state index in [1.807, 2.05) is 43.9 Å². The first-order valence-corrected chi connectivity index (χ1v) is 10.8. The molecular formula is C19H24N4O3S. The van der Waals surface area contributed by atoms with Gasteiger partial charge in [-0.05, 0) is 38.8 Å². The molecule has 1 amide bonds. The molecule has 8 heteroatoms. The summed E-state index contributed by atoms with van der Waals surface area (Å²) >= 11 is 0. The number of hydrogen-bond donors (Lipinski definition) is 1. The van der Waals surface area contributed by atoms with Crippen molar-refractivity contribution in [3.8, 4) is 0 Å². The molecule has 1 N–H and O–H groups in total. The lowest BCUT2D eigenvalue weighted by Gasteiger charge is -2.27. The van der Waals surface area contributed by atoms with Crippen molar-refractivity contribution in [2.75, 3.05) is 28.3 Å². The van der Waals surface area contributed by atoms with Gasteiger partial charge in [0, 0.05) is 24.3 Å². The molecule has 2 heterocycles. The van der Waals surface area contributed by atoms with E-state index in [4.69, 9.17) is 0 Å². The van der Waals surface area contributed by atoms with Gasteiger partial charge in [-0.15, -0.1) is 0 Å². The third-order valence-electron chi connectivity index (χ3n) is 4.80. The monoisotopic (exact) mass is 388 g/mol. The van der Waals surface area contributed by atoms with Gasteiger partial charge in [-0.2, -0.15) is 0 Å². The number of aromatic nitrogens is 2. The topological polar surface area (TPSA) is 92.3 Å². The maximum Gasteiger partial charge on any atom is 0.274 e. The standard InChI is InChI=1S/C19H24N4O3S/c1-4-23(15-7-8-27(25,26)11-15)18-10-17(20-12-21-18)19(24)22-16-6-5-13(2)9-14(16)3/h5-6,9-10,12,15H,4,7-8,11H2,1-3H3,(H,22,24). The average molecular weight is 388 g/mol. The number of sulfone groups is 1. The van der Waals surface area contributed by atoms with Crippen LogP contribution in [0.3, 0.4) is 0 Å². The van der Waals surface area contributed by atoms with E-state index in [1.54, 1.807) is 6.07 Å². The van der Waals surface area contributed by atoms with Crippen molar-refractivity contribution in [1.82, 2.24) is 9.97 Å². The van der Waals surface area contributed by atoms with E-state index in [2.05, 4.69) is 15.3 Å². The highest BCUT2D eigenvalue weighted by Gasteiger charge is 2.32. The minimum absolute atomic E-state index is 0.120. The molecule has 1 saturated heterocycles. The molecule has 1 aromatic carbocycles. The molecule has 1 unspecified atom stereocenters. The fourth-order valence-electron chi connectivity index (χ4n) is 3.40. The summed E-state index contributed by atoms with van der Waals surface area (Å²) in [5.74, 6) is 0.565. The number of nitrogens with one attached hydrogen (secondary N) is 1. The van der Waals surface area contributed by atoms with Crippen LogP contribution in [-0.2, 0) is 9.84 Å². The van der Waals surface area contributed by atoms with Crippen LogP contribution in [0.2, 0.25) is 0 Å². The van der Waals surface area contributed by atoms with E-state index in [1.165, 1.54) is 6.33 Å². The van der Waals surface area contributed by atoms with Crippen molar-refractivity contribution in [2.45, 2.75) is 33.2 Å². The Morgan fingerprint density at radius 1 is 1.26 bits per heavy atom. The summed E-state index contributed by atoms with van der Waals surface area (Å²) in [6.45, 7) is 6.49. The molecule has 27 heavy (non-hydrogen) atoms. The fourth-order valence-corrected chi connectivity index (χ4v) is 5.13. The van der Waals surface area contributed by atoms with Crippen molar-refractivity contribution < 1.29 is 13.2 Å². The second-order valence-electron chi connectivity index (χ2n) is 6.88. The van der Waals surface area contributed by atoms with Crippen molar-refractivity contribution in [2.24, 2.45) is 0 Å². The summed E-state index contributed by atoms with van der Waals surface area (Å²) < 4.78 is 23.6. The lowest BCUT2D eigenvalue weighted by molar-refractivity contribution is 0.102. The lowest BCUT2D eigenvalue weighted by atomic mass is 10.1. The zero-order valence-electron chi connectivity index (χ0n) is 15.8. The van der Waals surface area contributed by atoms with Gasteiger partial charge >= 0.3 is 0 Å². The molecule has 0 bridgehead atoms. The molecule has 1 aliphatic rings. The second kappa shape index (κ2) is 7.64. The largest absolute Gasteiger partial charge is 0.353 e. The number of anilines is 2. The third kappa shape index (κ3) is 4.44. The summed E-state index contributed by atoms with van der Waals surface area (Å²) in [6.07, 6.45) is 1.92. The second-order valence-corrected chi connectivity index (χ2v) is 9.11. The highest BCUT2D eigenvalue weighted by Crippen LogP contribution is 2.23. The van der Waals surface area contributed by atoms with Crippen LogP contribution >= 0.6 is 0 Å². The van der Waals surface area contributed by atoms with Gasteiger partial charge in [0.1, 0.15) is 17.8 Å². The van der Waals surface area contributed by atoms with Gasteiger partial charge in [0.15, 0.2) is 9.84 Å². The minimum atomic E-state index is -3.00. The van der Waals surface area contributed by atoms with Crippen LogP contribution in [0.5, 0.6) is 0 Å². The summed E-state index contributed by atoms with van der Waals surface area (Å²) in [6, 6.07) is 7.30. The normalized spacial score (nSPS) is 18.3. The minimum Gasteiger partial charge on any atom is -0.353 e. The lowest BCUT2D eigenvalue weighted by Crippen LogP contribution is -2.37. The Morgan fingerprint density at radius 3 is 2.67 bits per heavy atom. The smallest absolute Gasteiger partial charge is 0.274 e. The van der Waals surface area contributed by atoms with Crippen LogP contribution in [0, 0.1) is 13.8 Å². The summed E-state index contributed by atoms with van der Waals surface area (Å²) in [5.41, 5.74) is 3.09. The first-order valence-electron chi connectivity index (χ1n) is 8.97. The summed E-state index contributed by atoms with van der Waals surface area (Å²) in [7, 11) is -3.00. The molecule has 2 aromatic rings. The number of carbonyl (C=O) groups is 1. The van der Waals surface area contributed by atoms with E-state index in [-0.39, 0.29) is 29.1 Å². The highest BCUT2D eigenvalue weighted by molar-refractivity contribution is 7.91. The molecule has 1 aromatic heterocycles. The van der Waals surface area contributed by atoms with Crippen LogP contribution in [0.15, 0.2) is 30.6 Å². The van der Waals surface area contributed by atoms with Crippen LogP contribution < -0.4 is 10.2 Å². The Hall–Kier alpha value is -2.48. The van der Waals surface area contributed by atoms with Gasteiger partial charge in [0.05, 0.1) is 11.5 Å². The zero-order valence-corrected chi connectivity index (χ0v) is 16.6. The molecule has 0 spiro atoms. The first-order chi connectivity index (χ1) is 12.8. The summed E-state index contributed by atoms with van der Waals surface area (Å²) in [5, 5.41) is 2.88. The Bertz CT molecular complexity index is 959. The number of benzene rings is 1. The van der Waals surface area contributed by atoms with Gasteiger partial charge < -0.3 is 10.2 Å². The molecule has 0 saturated carbocycles. The quantitative estimate of drug-likeness (QED) is 0.845. The molecule has 144 valence electrons. The molecule has 3 rings (SSSR count). The van der Waals surface area contributed by atoms with Crippen LogP contribution in [0.4, 0.5) is 11.5 Å². The number of aryl methyl sites for hydroxylation is 2. The van der Waals surface area contributed by atoms with E-state index in [9.17, 15) is 13.2 Å². The Labute approximate surface area is 159 Å². The van der Waals surface area contributed by atoms with Crippen molar-refractivity contribution in [3.05, 3.63) is 47.4 Å². The third-order valence-corrected chi connectivity index (χ3v) is 6.55. The predicted molar refractivity (Wildman–Crippen MR) is 106 cm³/mol. The number of amides is 1. The molecule has 1 fully saturated rings. The Morgan fingerprint density at radius 2 is 2.04 bits per heavy atom. The molecule has 7 nitrogen and oxygen atoms in total. The van der Waals surface area contributed by atoms with Crippen molar-refractivity contribution in [1.29, 1.82) is 0 Å². The van der Waals surface area contributed by atoms with Crippen LogP contribution in [0.1, 0.15) is 35.0 Å². The highest BCUT2D eigenvalue weighted by atomic mass is 32.2. The van der Waals surface area contributed by atoms with E-state index in [0.717, 1.165) is 16.8 Å². The Kier molecular flexibility index (Phi) is 5.46. The van der Waals surface area contributed by atoms with Gasteiger partial charge in [-0.3, -0.25) is 4.79 Å². The van der Waals surface area contributed by atoms with Gasteiger partial charge in [0.25, 0.3) is 5.91 Å². The van der Waals surface area contributed by atoms with Crippen molar-refractivity contribution >= 4 is 27.2 Å². The first kappa shape index (κ1) is 19.3. The molecular weight excluding hydrogens is 364 g/mol. The molecule has 0 aliphatic carbocycles. The summed E-state index contributed by atoms with van der Waals surface area (Å²) in [4.78, 5) is 22.9. The van der Waals surface area contributed by atoms with E-state index >= 15 is 0 Å². The number of nitrogens with zero attached hydrogens (tertiary/aromatic N) is 3. The zero-order chi connectivity index (χ0) is 19.6. The van der Waals surface area contributed by atoms with E-state index < -0.39 is 9.84 Å². The predicted octanol–water partition coefficient (Wildman–Crippen LogP) is 2.36. The average Bonchev–Trinajstić information content (AvgIpc) is 2.98. The van der Waals surface area contributed by atoms with E-state index in [0.29, 0.717) is 18.8 Å². The van der Waals surface area contributed by atoms with Gasteiger partial charge in [-0.1, -0.05) is 17.7 Å². The Balaban J connectivity index is 1.80. The molecule has 1 aliphatic heterocycles. The number of carbonyl (C=O) groups excluding carboxylic acids is 1. The molecule has 1 atom stereocenters. The van der Waals surface area contributed by atoms with Crippen LogP contribution in [-0.4, -0.2) is 48.4 Å². The van der Waals surface area contributed by atoms with Crippen molar-refractivity contribution in [3.63, 3.8) is 0 Å². The molecule has 0 radical (unpaired) electrons. The van der Waals surface area contributed by atoms with Crippen LogP contribution in [0.25, 0.3) is 0 Å². The SMILES string of the molecule is CCN(c1cc(C(=O)Nc2ccc(C)cc2C)ncn1)C1CCS(=O)(=O)C1. The number of hydrogen-bond acceptors (Lipinski definition) is 6. The fraction of sp³-hybridized carbons (Fsp3) is 0.421. The van der Waals surface area contributed by atoms with Gasteiger partial charge in [-0.25, -0.2) is 18.4 Å². The maximum absolute atomic E-state index is 12.6. The van der Waals surface area contributed by atoms with Gasteiger partial charge in [0.2, 0.25) is 0 Å². The maximum atomic E-state index is 12.6. The number of rotatable bonds is 5.